The monoisotopic (exact) mass is 204 g/mol. The van der Waals surface area contributed by atoms with Gasteiger partial charge in [-0.2, -0.15) is 0 Å². The van der Waals surface area contributed by atoms with Crippen LogP contribution in [0.3, 0.4) is 0 Å². The first-order chi connectivity index (χ1) is 7.20. The van der Waals surface area contributed by atoms with Gasteiger partial charge in [0.1, 0.15) is 13.6 Å². The SMILES string of the molecule is CC.[B]c1ccc(N)c(C=NC)c1OC. The quantitative estimate of drug-likeness (QED) is 0.446. The van der Waals surface area contributed by atoms with Crippen LogP contribution >= 0.6 is 0 Å². The highest BCUT2D eigenvalue weighted by atomic mass is 16.5. The summed E-state index contributed by atoms with van der Waals surface area (Å²) in [7, 11) is 8.91. The van der Waals surface area contributed by atoms with E-state index in [1.165, 1.54) is 0 Å². The number of methoxy groups -OCH3 is 1. The van der Waals surface area contributed by atoms with E-state index in [0.717, 1.165) is 5.56 Å². The molecule has 4 heteroatoms. The highest BCUT2D eigenvalue weighted by Crippen LogP contribution is 2.19. The summed E-state index contributed by atoms with van der Waals surface area (Å²) in [5.74, 6) is 0.575. The molecule has 2 radical (unpaired) electrons. The van der Waals surface area contributed by atoms with Crippen LogP contribution < -0.4 is 15.9 Å². The lowest BCUT2D eigenvalue weighted by Crippen LogP contribution is -2.11. The molecule has 0 spiro atoms. The summed E-state index contributed by atoms with van der Waals surface area (Å²) in [6.45, 7) is 4.00. The van der Waals surface area contributed by atoms with Crippen molar-refractivity contribution in [2.75, 3.05) is 19.9 Å². The van der Waals surface area contributed by atoms with Crippen molar-refractivity contribution in [3.8, 4) is 5.75 Å². The van der Waals surface area contributed by atoms with E-state index in [1.807, 2.05) is 13.8 Å². The first kappa shape index (κ1) is 13.6. The third kappa shape index (κ3) is 3.31. The lowest BCUT2D eigenvalue weighted by molar-refractivity contribution is 0.418. The fraction of sp³-hybridized carbons (Fsp3) is 0.364. The number of rotatable bonds is 2. The van der Waals surface area contributed by atoms with Crippen LogP contribution in [0.2, 0.25) is 0 Å². The first-order valence-corrected chi connectivity index (χ1v) is 4.84. The Bertz CT molecular complexity index is 338. The second-order valence-corrected chi connectivity index (χ2v) is 2.58. The number of hydrogen-bond acceptors (Lipinski definition) is 3. The smallest absolute Gasteiger partial charge is 0.122 e. The molecule has 1 aromatic rings. The average molecular weight is 204 g/mol. The van der Waals surface area contributed by atoms with Crippen LogP contribution in [-0.2, 0) is 0 Å². The van der Waals surface area contributed by atoms with Crippen molar-refractivity contribution in [3.63, 3.8) is 0 Å². The molecule has 0 fully saturated rings. The van der Waals surface area contributed by atoms with Gasteiger partial charge in [0.05, 0.1) is 12.7 Å². The third-order valence-electron chi connectivity index (χ3n) is 1.72. The topological polar surface area (TPSA) is 47.6 Å². The molecule has 0 aliphatic rings. The third-order valence-corrected chi connectivity index (χ3v) is 1.72. The molecule has 0 saturated heterocycles. The van der Waals surface area contributed by atoms with Gasteiger partial charge in [0.15, 0.2) is 0 Å². The maximum Gasteiger partial charge on any atom is 0.122 e. The summed E-state index contributed by atoms with van der Waals surface area (Å²) in [6.07, 6.45) is 1.63. The Morgan fingerprint density at radius 2 is 2.00 bits per heavy atom. The number of hydrogen-bond donors (Lipinski definition) is 1. The molecule has 0 heterocycles. The molecule has 0 atom stereocenters. The molecule has 0 aliphatic heterocycles. The van der Waals surface area contributed by atoms with Gasteiger partial charge in [-0.15, -0.1) is 0 Å². The summed E-state index contributed by atoms with van der Waals surface area (Å²) in [4.78, 5) is 3.88. The van der Waals surface area contributed by atoms with Crippen LogP contribution in [0.5, 0.6) is 5.75 Å². The number of nitrogens with zero attached hydrogens (tertiary/aromatic N) is 1. The van der Waals surface area contributed by atoms with E-state index in [1.54, 1.807) is 32.5 Å². The van der Waals surface area contributed by atoms with Crippen LogP contribution in [0, 0.1) is 0 Å². The maximum absolute atomic E-state index is 5.73. The van der Waals surface area contributed by atoms with Crippen molar-refractivity contribution in [1.29, 1.82) is 0 Å². The van der Waals surface area contributed by atoms with Crippen molar-refractivity contribution < 1.29 is 4.74 Å². The van der Waals surface area contributed by atoms with Gasteiger partial charge in [-0.25, -0.2) is 0 Å². The summed E-state index contributed by atoms with van der Waals surface area (Å²) < 4.78 is 5.11. The molecular formula is C11H17BN2O. The fourth-order valence-electron chi connectivity index (χ4n) is 1.12. The van der Waals surface area contributed by atoms with Gasteiger partial charge in [0, 0.05) is 18.9 Å². The average Bonchev–Trinajstić information content (AvgIpc) is 2.27. The number of ether oxygens (including phenoxy) is 1. The zero-order valence-corrected chi connectivity index (χ0v) is 9.74. The second-order valence-electron chi connectivity index (χ2n) is 2.58. The lowest BCUT2D eigenvalue weighted by atomic mass is 9.92. The molecule has 1 aromatic carbocycles. The molecule has 15 heavy (non-hydrogen) atoms. The van der Waals surface area contributed by atoms with Gasteiger partial charge in [0.2, 0.25) is 0 Å². The molecule has 3 nitrogen and oxygen atoms in total. The molecule has 2 N–H and O–H groups in total. The Balaban J connectivity index is 0.000000921. The van der Waals surface area contributed by atoms with E-state index in [2.05, 4.69) is 4.99 Å². The molecule has 0 aromatic heterocycles. The fourth-order valence-corrected chi connectivity index (χ4v) is 1.12. The van der Waals surface area contributed by atoms with Gasteiger partial charge in [-0.1, -0.05) is 25.4 Å². The van der Waals surface area contributed by atoms with E-state index in [0.29, 0.717) is 16.9 Å². The van der Waals surface area contributed by atoms with Gasteiger partial charge >= 0.3 is 0 Å². The van der Waals surface area contributed by atoms with Gasteiger partial charge < -0.3 is 10.5 Å². The minimum Gasteiger partial charge on any atom is -0.497 e. The standard InChI is InChI=1S/C9H11BN2O.C2H6/c1-12-5-6-8(11)4-3-7(10)9(6)13-2;1-2/h3-5H,11H2,1-2H3;1-2H3. The Morgan fingerprint density at radius 1 is 1.40 bits per heavy atom. The Morgan fingerprint density at radius 3 is 2.47 bits per heavy atom. The number of benzene rings is 1. The lowest BCUT2D eigenvalue weighted by Gasteiger charge is -2.10. The van der Waals surface area contributed by atoms with Crippen molar-refractivity contribution in [2.24, 2.45) is 4.99 Å². The normalized spacial score (nSPS) is 9.60. The highest BCUT2D eigenvalue weighted by molar-refractivity contribution is 6.35. The molecule has 1 rings (SSSR count). The predicted octanol–water partition coefficient (Wildman–Crippen LogP) is 1.15. The van der Waals surface area contributed by atoms with E-state index in [-0.39, 0.29) is 0 Å². The summed E-state index contributed by atoms with van der Waals surface area (Å²) in [6, 6.07) is 3.44. The van der Waals surface area contributed by atoms with Crippen LogP contribution in [0.15, 0.2) is 17.1 Å². The highest BCUT2D eigenvalue weighted by Gasteiger charge is 2.06. The Kier molecular flexibility index (Phi) is 6.26. The van der Waals surface area contributed by atoms with E-state index in [9.17, 15) is 0 Å². The second kappa shape index (κ2) is 6.93. The first-order valence-electron chi connectivity index (χ1n) is 4.84. The van der Waals surface area contributed by atoms with Gasteiger partial charge in [-0.05, 0) is 6.07 Å². The van der Waals surface area contributed by atoms with E-state index >= 15 is 0 Å². The van der Waals surface area contributed by atoms with E-state index < -0.39 is 0 Å². The van der Waals surface area contributed by atoms with Crippen molar-refractivity contribution in [1.82, 2.24) is 0 Å². The number of anilines is 1. The van der Waals surface area contributed by atoms with Gasteiger partial charge in [0.25, 0.3) is 0 Å². The van der Waals surface area contributed by atoms with Crippen LogP contribution in [0.1, 0.15) is 19.4 Å². The molecule has 80 valence electrons. The number of nitrogen functional groups attached to an aromatic ring is 1. The molecule has 0 aliphatic carbocycles. The van der Waals surface area contributed by atoms with Gasteiger partial charge in [-0.3, -0.25) is 4.99 Å². The number of nitrogens with two attached hydrogens (primary N) is 1. The number of aliphatic imine (C=N–C) groups is 1. The zero-order valence-electron chi connectivity index (χ0n) is 9.74. The molecule has 0 unspecified atom stereocenters. The van der Waals surface area contributed by atoms with Crippen molar-refractivity contribution in [2.45, 2.75) is 13.8 Å². The van der Waals surface area contributed by atoms with E-state index in [4.69, 9.17) is 18.3 Å². The molecule has 0 bridgehead atoms. The minimum atomic E-state index is 0.562. The van der Waals surface area contributed by atoms with Crippen molar-refractivity contribution in [3.05, 3.63) is 17.7 Å². The molecular weight excluding hydrogens is 187 g/mol. The molecule has 0 amide bonds. The summed E-state index contributed by atoms with van der Waals surface area (Å²) >= 11 is 0. The maximum atomic E-state index is 5.73. The van der Waals surface area contributed by atoms with Crippen molar-refractivity contribution >= 4 is 25.2 Å². The van der Waals surface area contributed by atoms with Crippen LogP contribution in [-0.4, -0.2) is 28.2 Å². The largest absolute Gasteiger partial charge is 0.497 e. The van der Waals surface area contributed by atoms with Crippen LogP contribution in [0.4, 0.5) is 5.69 Å². The Hall–Kier alpha value is -1.45. The zero-order chi connectivity index (χ0) is 11.8. The van der Waals surface area contributed by atoms with Crippen LogP contribution in [0.25, 0.3) is 0 Å². The summed E-state index contributed by atoms with van der Waals surface area (Å²) in [5, 5.41) is 0. The summed E-state index contributed by atoms with van der Waals surface area (Å²) in [5.41, 5.74) is 7.62. The predicted molar refractivity (Wildman–Crippen MR) is 67.7 cm³/mol. The Labute approximate surface area is 92.8 Å². The minimum absolute atomic E-state index is 0.562. The molecule has 0 saturated carbocycles.